The smallest absolute Gasteiger partial charge is 0.330 e. The molecule has 0 bridgehead atoms. The van der Waals surface area contributed by atoms with Crippen molar-refractivity contribution in [1.29, 1.82) is 0 Å². The molecule has 0 amide bonds. The first-order chi connectivity index (χ1) is 15.6. The van der Waals surface area contributed by atoms with Crippen molar-refractivity contribution in [3.8, 4) is 0 Å². The fraction of sp³-hybridized carbons (Fsp3) is 0.474. The second kappa shape index (κ2) is 13.4. The standard InChI is InChI=1S/C19H21BrN2O11.H2O/c20-6-5-10-8-22(19(30)21-18(10)29)13-7-11(33-17(28)4-2-15(25)26)12(32-13)9-31-16(27)3-1-14(23)24;/h5-6,8,11-13H,1-4,7,9H2,(H,23,24)(H,25,26)(H,21,29,30);1H2/b6-5+;/t11-,12+,13+;/m0./s1. The van der Waals surface area contributed by atoms with Gasteiger partial charge in [-0.25, -0.2) is 4.79 Å². The van der Waals surface area contributed by atoms with Crippen LogP contribution in [0.3, 0.4) is 0 Å². The molecule has 0 saturated carbocycles. The molecule has 15 heteroatoms. The largest absolute Gasteiger partial charge is 0.481 e. The van der Waals surface area contributed by atoms with Crippen LogP contribution in [0.4, 0.5) is 0 Å². The number of nitrogens with zero attached hydrogens (tertiary/aromatic N) is 1. The van der Waals surface area contributed by atoms with Gasteiger partial charge in [-0.05, 0) is 11.1 Å². The van der Waals surface area contributed by atoms with Crippen LogP contribution in [0.2, 0.25) is 0 Å². The van der Waals surface area contributed by atoms with Gasteiger partial charge >= 0.3 is 29.6 Å². The van der Waals surface area contributed by atoms with E-state index >= 15 is 0 Å². The Hall–Kier alpha value is -3.30. The summed E-state index contributed by atoms with van der Waals surface area (Å²) >= 11 is 3.04. The van der Waals surface area contributed by atoms with Crippen molar-refractivity contribution in [2.24, 2.45) is 0 Å². The highest BCUT2D eigenvalue weighted by Gasteiger charge is 2.40. The molecule has 14 nitrogen and oxygen atoms in total. The third-order valence-electron chi connectivity index (χ3n) is 4.51. The third kappa shape index (κ3) is 8.57. The molecule has 1 aliphatic heterocycles. The van der Waals surface area contributed by atoms with Gasteiger partial charge in [-0.1, -0.05) is 15.9 Å². The summed E-state index contributed by atoms with van der Waals surface area (Å²) in [7, 11) is 0. The van der Waals surface area contributed by atoms with Crippen LogP contribution in [0.25, 0.3) is 6.08 Å². The Labute approximate surface area is 199 Å². The first-order valence-corrected chi connectivity index (χ1v) is 10.6. The molecular formula is C19H23BrN2O12. The highest BCUT2D eigenvalue weighted by molar-refractivity contribution is 9.11. The van der Waals surface area contributed by atoms with Crippen molar-refractivity contribution < 1.29 is 49.1 Å². The van der Waals surface area contributed by atoms with Crippen LogP contribution in [0, 0.1) is 0 Å². The maximum atomic E-state index is 12.3. The molecule has 1 aromatic rings. The number of nitrogens with one attached hydrogen (secondary N) is 1. The van der Waals surface area contributed by atoms with Crippen molar-refractivity contribution in [3.63, 3.8) is 0 Å². The summed E-state index contributed by atoms with van der Waals surface area (Å²) < 4.78 is 17.1. The van der Waals surface area contributed by atoms with Crippen LogP contribution >= 0.6 is 15.9 Å². The van der Waals surface area contributed by atoms with Gasteiger partial charge in [0.1, 0.15) is 25.0 Å². The second-order valence-corrected chi connectivity index (χ2v) is 7.44. The Kier molecular flexibility index (Phi) is 11.3. The number of ether oxygens (including phenoxy) is 3. The molecule has 0 aromatic carbocycles. The van der Waals surface area contributed by atoms with Gasteiger partial charge in [-0.2, -0.15) is 0 Å². The molecule has 3 atom stereocenters. The average molecular weight is 551 g/mol. The first-order valence-electron chi connectivity index (χ1n) is 9.67. The van der Waals surface area contributed by atoms with E-state index in [2.05, 4.69) is 20.9 Å². The zero-order chi connectivity index (χ0) is 24.5. The van der Waals surface area contributed by atoms with E-state index in [0.29, 0.717) is 0 Å². The van der Waals surface area contributed by atoms with Crippen molar-refractivity contribution in [3.05, 3.63) is 37.6 Å². The molecule has 0 radical (unpaired) electrons. The number of esters is 2. The highest BCUT2D eigenvalue weighted by Crippen LogP contribution is 2.30. The van der Waals surface area contributed by atoms with Crippen LogP contribution in [-0.2, 0) is 33.4 Å². The molecule has 34 heavy (non-hydrogen) atoms. The van der Waals surface area contributed by atoms with Gasteiger partial charge in [-0.15, -0.1) is 0 Å². The van der Waals surface area contributed by atoms with Gasteiger partial charge < -0.3 is 29.9 Å². The Morgan fingerprint density at radius 2 is 1.74 bits per heavy atom. The summed E-state index contributed by atoms with van der Waals surface area (Å²) in [6, 6.07) is 0. The van der Waals surface area contributed by atoms with Crippen molar-refractivity contribution in [2.45, 2.75) is 50.5 Å². The lowest BCUT2D eigenvalue weighted by atomic mass is 10.1. The van der Waals surface area contributed by atoms with Gasteiger partial charge in [0.25, 0.3) is 5.56 Å². The number of aliphatic carboxylic acids is 2. The molecule has 2 heterocycles. The number of H-pyrrole nitrogens is 1. The summed E-state index contributed by atoms with van der Waals surface area (Å²) in [6.07, 6.45) is -2.11. The van der Waals surface area contributed by atoms with Crippen LogP contribution in [0.5, 0.6) is 0 Å². The van der Waals surface area contributed by atoms with E-state index in [1.54, 1.807) is 0 Å². The number of aromatic amines is 1. The Morgan fingerprint density at radius 3 is 2.32 bits per heavy atom. The molecule has 1 fully saturated rings. The molecule has 1 aromatic heterocycles. The number of carboxylic acids is 2. The number of hydrogen-bond donors (Lipinski definition) is 3. The Bertz CT molecular complexity index is 1050. The molecule has 5 N–H and O–H groups in total. The number of hydrogen-bond acceptors (Lipinski definition) is 9. The van der Waals surface area contributed by atoms with Crippen LogP contribution in [-0.4, -0.2) is 67.9 Å². The predicted octanol–water partition coefficient (Wildman–Crippen LogP) is -0.450. The molecule has 2 rings (SSSR count). The van der Waals surface area contributed by atoms with E-state index in [-0.39, 0.29) is 23.9 Å². The summed E-state index contributed by atoms with van der Waals surface area (Å²) in [5, 5.41) is 17.4. The number of rotatable bonds is 11. The predicted molar refractivity (Wildman–Crippen MR) is 116 cm³/mol. The lowest BCUT2D eigenvalue weighted by Crippen LogP contribution is -2.33. The van der Waals surface area contributed by atoms with E-state index in [4.69, 9.17) is 24.4 Å². The minimum absolute atomic E-state index is 0. The topological polar surface area (TPSA) is 223 Å². The maximum absolute atomic E-state index is 12.3. The second-order valence-electron chi connectivity index (χ2n) is 6.91. The Balaban J connectivity index is 0.00000578. The average Bonchev–Trinajstić information content (AvgIpc) is 3.13. The lowest BCUT2D eigenvalue weighted by molar-refractivity contribution is -0.160. The zero-order valence-electron chi connectivity index (χ0n) is 17.6. The van der Waals surface area contributed by atoms with E-state index in [9.17, 15) is 28.8 Å². The number of halogens is 1. The van der Waals surface area contributed by atoms with Crippen molar-refractivity contribution in [2.75, 3.05) is 6.61 Å². The fourth-order valence-electron chi connectivity index (χ4n) is 2.94. The van der Waals surface area contributed by atoms with Crippen molar-refractivity contribution in [1.82, 2.24) is 9.55 Å². The molecule has 0 aliphatic carbocycles. The normalized spacial score (nSPS) is 19.4. The molecule has 188 valence electrons. The van der Waals surface area contributed by atoms with Crippen LogP contribution in [0.15, 0.2) is 20.8 Å². The number of aromatic nitrogens is 2. The summed E-state index contributed by atoms with van der Waals surface area (Å²) in [4.78, 5) is 72.7. The van der Waals surface area contributed by atoms with Gasteiger partial charge in [-0.3, -0.25) is 33.5 Å². The third-order valence-corrected chi connectivity index (χ3v) is 4.77. The molecular weight excluding hydrogens is 528 g/mol. The molecule has 1 aliphatic rings. The fourth-order valence-corrected chi connectivity index (χ4v) is 3.22. The summed E-state index contributed by atoms with van der Waals surface area (Å²) in [5.41, 5.74) is -1.29. The van der Waals surface area contributed by atoms with Gasteiger partial charge in [0.15, 0.2) is 0 Å². The minimum Gasteiger partial charge on any atom is -0.481 e. The van der Waals surface area contributed by atoms with Gasteiger partial charge in [0.2, 0.25) is 0 Å². The molecule has 1 saturated heterocycles. The monoisotopic (exact) mass is 550 g/mol. The quantitative estimate of drug-likeness (QED) is 0.299. The van der Waals surface area contributed by atoms with Gasteiger partial charge in [0, 0.05) is 12.6 Å². The number of carbonyl (C=O) groups excluding carboxylic acids is 2. The SMILES string of the molecule is O.O=C(O)CCC(=O)OC[C@H]1O[C@@H](n2cc(/C=C/Br)c(=O)[nH]c2=O)C[C@@H]1OC(=O)CCC(=O)O. The van der Waals surface area contributed by atoms with Crippen LogP contribution in [0.1, 0.15) is 43.9 Å². The first kappa shape index (κ1) is 28.7. The molecule has 0 unspecified atom stereocenters. The molecule has 0 spiro atoms. The number of carbonyl (C=O) groups is 4. The van der Waals surface area contributed by atoms with E-state index in [1.165, 1.54) is 17.3 Å². The van der Waals surface area contributed by atoms with E-state index in [1.807, 2.05) is 0 Å². The van der Waals surface area contributed by atoms with E-state index < -0.39 is 79.4 Å². The lowest BCUT2D eigenvalue weighted by Gasteiger charge is -2.18. The van der Waals surface area contributed by atoms with Crippen LogP contribution < -0.4 is 11.2 Å². The Morgan fingerprint density at radius 1 is 1.12 bits per heavy atom. The zero-order valence-corrected chi connectivity index (χ0v) is 19.2. The number of carboxylic acid groups (broad SMARTS) is 2. The summed E-state index contributed by atoms with van der Waals surface area (Å²) in [6.45, 7) is -0.405. The summed E-state index contributed by atoms with van der Waals surface area (Å²) in [5.74, 6) is -4.01. The van der Waals surface area contributed by atoms with Crippen molar-refractivity contribution >= 4 is 45.9 Å². The minimum atomic E-state index is -1.19. The maximum Gasteiger partial charge on any atom is 0.330 e. The van der Waals surface area contributed by atoms with Gasteiger partial charge in [0.05, 0.1) is 31.2 Å². The van der Waals surface area contributed by atoms with E-state index in [0.717, 1.165) is 4.57 Å². The highest BCUT2D eigenvalue weighted by atomic mass is 79.9.